The van der Waals surface area contributed by atoms with E-state index < -0.39 is 5.97 Å². The highest BCUT2D eigenvalue weighted by atomic mass is 16.4. The Kier molecular flexibility index (Phi) is 4.47. The largest absolute Gasteiger partial charge is 0.481 e. The number of aliphatic carboxylic acids is 1. The number of carbonyl (C=O) groups is 1. The minimum atomic E-state index is -0.822. The number of pyridine rings is 1. The zero-order valence-electron chi connectivity index (χ0n) is 12.4. The van der Waals surface area contributed by atoms with Gasteiger partial charge in [-0.1, -0.05) is 0 Å². The average Bonchev–Trinajstić information content (AvgIpc) is 2.48. The molecule has 21 heavy (non-hydrogen) atoms. The molecule has 2 heterocycles. The summed E-state index contributed by atoms with van der Waals surface area (Å²) in [6.07, 6.45) is 3.48. The molecule has 0 aliphatic heterocycles. The van der Waals surface area contributed by atoms with Crippen molar-refractivity contribution in [3.8, 4) is 11.4 Å². The predicted octanol–water partition coefficient (Wildman–Crippen LogP) is 2.07. The van der Waals surface area contributed by atoms with E-state index >= 15 is 0 Å². The second kappa shape index (κ2) is 6.30. The van der Waals surface area contributed by atoms with Gasteiger partial charge >= 0.3 is 5.97 Å². The Morgan fingerprint density at radius 1 is 1.33 bits per heavy atom. The van der Waals surface area contributed by atoms with Crippen molar-refractivity contribution in [3.63, 3.8) is 0 Å². The quantitative estimate of drug-likeness (QED) is 0.906. The van der Waals surface area contributed by atoms with Crippen molar-refractivity contribution in [3.05, 3.63) is 35.8 Å². The number of nitrogens with zero attached hydrogens (tertiary/aromatic N) is 4. The fraction of sp³-hybridized carbons (Fsp3) is 0.333. The molecule has 0 unspecified atom stereocenters. The second-order valence-corrected chi connectivity index (χ2v) is 4.89. The van der Waals surface area contributed by atoms with Crippen molar-refractivity contribution in [1.29, 1.82) is 0 Å². The molecule has 2 rings (SSSR count). The van der Waals surface area contributed by atoms with Gasteiger partial charge in [0.1, 0.15) is 5.82 Å². The first-order chi connectivity index (χ1) is 9.99. The van der Waals surface area contributed by atoms with Gasteiger partial charge < -0.3 is 10.0 Å². The zero-order chi connectivity index (χ0) is 15.4. The van der Waals surface area contributed by atoms with Gasteiger partial charge in [0.15, 0.2) is 5.82 Å². The van der Waals surface area contributed by atoms with Gasteiger partial charge in [0.05, 0.1) is 6.42 Å². The number of carboxylic acids is 1. The maximum Gasteiger partial charge on any atom is 0.305 e. The molecule has 0 bridgehead atoms. The van der Waals surface area contributed by atoms with Crippen LogP contribution in [0.1, 0.15) is 17.7 Å². The molecule has 0 aliphatic rings. The van der Waals surface area contributed by atoms with Gasteiger partial charge in [0.25, 0.3) is 0 Å². The third-order valence-electron chi connectivity index (χ3n) is 3.31. The normalized spacial score (nSPS) is 10.4. The van der Waals surface area contributed by atoms with E-state index in [2.05, 4.69) is 15.0 Å². The predicted molar refractivity (Wildman–Crippen MR) is 80.3 cm³/mol. The third-order valence-corrected chi connectivity index (χ3v) is 3.31. The molecule has 0 aromatic carbocycles. The molecule has 0 fully saturated rings. The summed E-state index contributed by atoms with van der Waals surface area (Å²) >= 11 is 0. The van der Waals surface area contributed by atoms with Crippen molar-refractivity contribution >= 4 is 11.8 Å². The van der Waals surface area contributed by atoms with Crippen LogP contribution in [0.5, 0.6) is 0 Å². The molecule has 0 amide bonds. The molecule has 2 aromatic rings. The lowest BCUT2D eigenvalue weighted by molar-refractivity contribution is -0.136. The van der Waals surface area contributed by atoms with Crippen molar-refractivity contribution in [1.82, 2.24) is 15.0 Å². The smallest absolute Gasteiger partial charge is 0.305 e. The second-order valence-electron chi connectivity index (χ2n) is 4.89. The van der Waals surface area contributed by atoms with E-state index in [1.54, 1.807) is 12.4 Å². The number of hydrogen-bond acceptors (Lipinski definition) is 5. The summed E-state index contributed by atoms with van der Waals surface area (Å²) in [4.78, 5) is 25.7. The molecule has 0 aliphatic carbocycles. The fourth-order valence-corrected chi connectivity index (χ4v) is 1.98. The van der Waals surface area contributed by atoms with Crippen LogP contribution in [0.25, 0.3) is 11.4 Å². The summed E-state index contributed by atoms with van der Waals surface area (Å²) in [5.74, 6) is 0.531. The van der Waals surface area contributed by atoms with Crippen LogP contribution in [0, 0.1) is 13.8 Å². The van der Waals surface area contributed by atoms with E-state index in [1.807, 2.05) is 37.9 Å². The number of carboxylic acid groups (broad SMARTS) is 1. The molecule has 2 aromatic heterocycles. The van der Waals surface area contributed by atoms with Crippen LogP contribution in [0.15, 0.2) is 24.5 Å². The number of anilines is 1. The van der Waals surface area contributed by atoms with Gasteiger partial charge in [0, 0.05) is 42.8 Å². The molecule has 0 saturated carbocycles. The Hall–Kier alpha value is -2.50. The lowest BCUT2D eigenvalue weighted by Crippen LogP contribution is -2.23. The van der Waals surface area contributed by atoms with Gasteiger partial charge in [-0.15, -0.1) is 0 Å². The highest BCUT2D eigenvalue weighted by Gasteiger charge is 2.14. The van der Waals surface area contributed by atoms with Crippen molar-refractivity contribution < 1.29 is 9.90 Å². The van der Waals surface area contributed by atoms with Crippen molar-refractivity contribution in [2.24, 2.45) is 0 Å². The maximum absolute atomic E-state index is 10.7. The standard InChI is InChI=1S/C15H18N4O2/c1-10-11(2)17-14(12-5-4-7-16-9-12)18-15(10)19(3)8-6-13(20)21/h4-5,7,9H,6,8H2,1-3H3,(H,20,21). The van der Waals surface area contributed by atoms with Gasteiger partial charge in [-0.2, -0.15) is 0 Å². The van der Waals surface area contributed by atoms with Crippen LogP contribution >= 0.6 is 0 Å². The van der Waals surface area contributed by atoms with Crippen molar-refractivity contribution in [2.45, 2.75) is 20.3 Å². The SMILES string of the molecule is Cc1nc(-c2cccnc2)nc(N(C)CCC(=O)O)c1C. The number of hydrogen-bond donors (Lipinski definition) is 1. The lowest BCUT2D eigenvalue weighted by atomic mass is 10.2. The Morgan fingerprint density at radius 3 is 2.71 bits per heavy atom. The summed E-state index contributed by atoms with van der Waals surface area (Å²) in [6, 6.07) is 3.74. The molecular weight excluding hydrogens is 268 g/mol. The van der Waals surface area contributed by atoms with E-state index in [1.165, 1.54) is 0 Å². The van der Waals surface area contributed by atoms with Crippen LogP contribution < -0.4 is 4.90 Å². The number of aryl methyl sites for hydroxylation is 1. The fourth-order valence-electron chi connectivity index (χ4n) is 1.98. The molecule has 1 N–H and O–H groups in total. The average molecular weight is 286 g/mol. The van der Waals surface area contributed by atoms with E-state index in [4.69, 9.17) is 5.11 Å². The zero-order valence-corrected chi connectivity index (χ0v) is 12.4. The summed E-state index contributed by atoms with van der Waals surface area (Å²) in [5.41, 5.74) is 2.67. The minimum absolute atomic E-state index is 0.0707. The number of rotatable bonds is 5. The molecule has 0 saturated heterocycles. The van der Waals surface area contributed by atoms with E-state index in [-0.39, 0.29) is 6.42 Å². The lowest BCUT2D eigenvalue weighted by Gasteiger charge is -2.21. The highest BCUT2D eigenvalue weighted by molar-refractivity contribution is 5.68. The first-order valence-electron chi connectivity index (χ1n) is 6.67. The molecule has 6 nitrogen and oxygen atoms in total. The monoisotopic (exact) mass is 286 g/mol. The van der Waals surface area contributed by atoms with Gasteiger partial charge in [-0.05, 0) is 26.0 Å². The van der Waals surface area contributed by atoms with Crippen LogP contribution in [-0.4, -0.2) is 39.6 Å². The number of aromatic nitrogens is 3. The molecule has 0 atom stereocenters. The van der Waals surface area contributed by atoms with Crippen molar-refractivity contribution in [2.75, 3.05) is 18.5 Å². The first kappa shape index (κ1) is 14.9. The molecule has 0 radical (unpaired) electrons. The molecule has 0 spiro atoms. The van der Waals surface area contributed by atoms with Gasteiger partial charge in [-0.3, -0.25) is 9.78 Å². The topological polar surface area (TPSA) is 79.2 Å². The molecule has 6 heteroatoms. The van der Waals surface area contributed by atoms with Crippen LogP contribution in [0.4, 0.5) is 5.82 Å². The van der Waals surface area contributed by atoms with Gasteiger partial charge in [0.2, 0.25) is 0 Å². The summed E-state index contributed by atoms with van der Waals surface area (Å²) in [5, 5.41) is 8.80. The summed E-state index contributed by atoms with van der Waals surface area (Å²) in [6.45, 7) is 4.26. The van der Waals surface area contributed by atoms with E-state index in [0.29, 0.717) is 12.4 Å². The van der Waals surface area contributed by atoms with Gasteiger partial charge in [-0.25, -0.2) is 9.97 Å². The van der Waals surface area contributed by atoms with E-state index in [0.717, 1.165) is 22.6 Å². The van der Waals surface area contributed by atoms with E-state index in [9.17, 15) is 4.79 Å². The van der Waals surface area contributed by atoms with Crippen LogP contribution in [0.2, 0.25) is 0 Å². The summed E-state index contributed by atoms with van der Waals surface area (Å²) < 4.78 is 0. The van der Waals surface area contributed by atoms with Crippen LogP contribution in [-0.2, 0) is 4.79 Å². The Bertz CT molecular complexity index is 644. The highest BCUT2D eigenvalue weighted by Crippen LogP contribution is 2.23. The summed E-state index contributed by atoms with van der Waals surface area (Å²) in [7, 11) is 1.84. The Labute approximate surface area is 123 Å². The molecular formula is C15H18N4O2. The van der Waals surface area contributed by atoms with Crippen LogP contribution in [0.3, 0.4) is 0 Å². The molecule has 110 valence electrons. The third kappa shape index (κ3) is 3.53. The maximum atomic E-state index is 10.7. The Morgan fingerprint density at radius 2 is 2.10 bits per heavy atom. The first-order valence-corrected chi connectivity index (χ1v) is 6.67. The Balaban J connectivity index is 2.37. The minimum Gasteiger partial charge on any atom is -0.481 e.